The molecule has 1 unspecified atom stereocenters. The summed E-state index contributed by atoms with van der Waals surface area (Å²) < 4.78 is 26.6. The number of hydrogen-bond donors (Lipinski definition) is 4. The van der Waals surface area contributed by atoms with E-state index in [1.54, 1.807) is 0 Å². The van der Waals surface area contributed by atoms with E-state index in [1.807, 2.05) is 19.3 Å². The van der Waals surface area contributed by atoms with Crippen LogP contribution in [0, 0.1) is 17.6 Å². The molecule has 19 heavy (non-hydrogen) atoms. The van der Waals surface area contributed by atoms with Crippen molar-refractivity contribution in [1.82, 2.24) is 4.98 Å². The largest absolute Gasteiger partial charge is 0.391 e. The van der Waals surface area contributed by atoms with E-state index in [0.29, 0.717) is 6.07 Å². The Kier molecular flexibility index (Phi) is 5.91. The van der Waals surface area contributed by atoms with Crippen molar-refractivity contribution in [1.29, 1.82) is 0 Å². The third kappa shape index (κ3) is 4.00. The second kappa shape index (κ2) is 7.20. The van der Waals surface area contributed by atoms with Crippen LogP contribution in [0.4, 0.5) is 20.4 Å². The van der Waals surface area contributed by atoms with E-state index in [4.69, 9.17) is 5.84 Å². The number of pyridine rings is 1. The zero-order valence-corrected chi connectivity index (χ0v) is 11.1. The van der Waals surface area contributed by atoms with Crippen LogP contribution < -0.4 is 16.6 Å². The minimum absolute atomic E-state index is 0.128. The van der Waals surface area contributed by atoms with Crippen LogP contribution in [0.5, 0.6) is 0 Å². The zero-order valence-electron chi connectivity index (χ0n) is 11.1. The third-order valence-electron chi connectivity index (χ3n) is 3.14. The predicted molar refractivity (Wildman–Crippen MR) is 70.5 cm³/mol. The van der Waals surface area contributed by atoms with E-state index in [-0.39, 0.29) is 24.1 Å². The molecule has 0 amide bonds. The summed E-state index contributed by atoms with van der Waals surface area (Å²) in [6.45, 7) is 4.10. The summed E-state index contributed by atoms with van der Waals surface area (Å²) >= 11 is 0. The van der Waals surface area contributed by atoms with Gasteiger partial charge in [0.15, 0.2) is 23.3 Å². The molecule has 0 bridgehead atoms. The second-order valence-corrected chi connectivity index (χ2v) is 4.32. The average Bonchev–Trinajstić information content (AvgIpc) is 2.39. The lowest BCUT2D eigenvalue weighted by molar-refractivity contribution is 0.114. The monoisotopic (exact) mass is 274 g/mol. The number of nitrogens with two attached hydrogens (primary N) is 1. The molecule has 0 fully saturated rings. The maximum absolute atomic E-state index is 13.5. The molecule has 1 heterocycles. The van der Waals surface area contributed by atoms with Gasteiger partial charge in [0, 0.05) is 12.6 Å². The van der Waals surface area contributed by atoms with E-state index < -0.39 is 17.7 Å². The summed E-state index contributed by atoms with van der Waals surface area (Å²) in [5.74, 6) is 3.11. The molecule has 7 heteroatoms. The lowest BCUT2D eigenvalue weighted by atomic mass is 9.96. The highest BCUT2D eigenvalue weighted by molar-refractivity contribution is 5.46. The van der Waals surface area contributed by atoms with E-state index in [0.717, 1.165) is 12.8 Å². The van der Waals surface area contributed by atoms with Gasteiger partial charge < -0.3 is 15.8 Å². The zero-order chi connectivity index (χ0) is 14.4. The number of aliphatic hydroxyl groups is 1. The molecule has 0 aliphatic carbocycles. The van der Waals surface area contributed by atoms with E-state index in [9.17, 15) is 13.9 Å². The molecular formula is C12H20F2N4O. The molecule has 0 saturated heterocycles. The van der Waals surface area contributed by atoms with Gasteiger partial charge in [-0.1, -0.05) is 26.7 Å². The molecule has 1 atom stereocenters. The summed E-state index contributed by atoms with van der Waals surface area (Å²) in [5.41, 5.74) is 2.04. The molecule has 0 aromatic carbocycles. The first-order valence-electron chi connectivity index (χ1n) is 6.28. The highest BCUT2D eigenvalue weighted by atomic mass is 19.1. The highest BCUT2D eigenvalue weighted by Crippen LogP contribution is 2.19. The van der Waals surface area contributed by atoms with Crippen molar-refractivity contribution < 1.29 is 13.9 Å². The first-order chi connectivity index (χ1) is 9.03. The third-order valence-corrected chi connectivity index (χ3v) is 3.14. The molecule has 108 valence electrons. The Balaban J connectivity index is 2.72. The Bertz CT molecular complexity index is 413. The van der Waals surface area contributed by atoms with Crippen molar-refractivity contribution in [3.63, 3.8) is 0 Å². The molecule has 0 saturated carbocycles. The van der Waals surface area contributed by atoms with E-state index >= 15 is 0 Å². The van der Waals surface area contributed by atoms with Crippen LogP contribution in [-0.4, -0.2) is 22.7 Å². The number of nitrogens with zero attached hydrogens (tertiary/aromatic N) is 1. The van der Waals surface area contributed by atoms with Crippen LogP contribution in [0.2, 0.25) is 0 Å². The smallest absolute Gasteiger partial charge is 0.178 e. The van der Waals surface area contributed by atoms with Crippen LogP contribution in [-0.2, 0) is 0 Å². The van der Waals surface area contributed by atoms with Crippen molar-refractivity contribution in [2.45, 2.75) is 32.8 Å². The molecule has 1 aromatic heterocycles. The Morgan fingerprint density at radius 3 is 2.37 bits per heavy atom. The Morgan fingerprint density at radius 1 is 1.26 bits per heavy atom. The van der Waals surface area contributed by atoms with E-state index in [2.05, 4.69) is 10.3 Å². The number of anilines is 2. The molecule has 0 aliphatic heterocycles. The predicted octanol–water partition coefficient (Wildman–Crippen LogP) is 1.85. The molecule has 1 rings (SSSR count). The summed E-state index contributed by atoms with van der Waals surface area (Å²) in [7, 11) is 0. The second-order valence-electron chi connectivity index (χ2n) is 4.32. The number of aromatic nitrogens is 1. The van der Waals surface area contributed by atoms with Gasteiger partial charge >= 0.3 is 0 Å². The van der Waals surface area contributed by atoms with Crippen LogP contribution in [0.3, 0.4) is 0 Å². The number of hydrazine groups is 1. The molecule has 0 aliphatic rings. The Hall–Kier alpha value is -1.47. The summed E-state index contributed by atoms with van der Waals surface area (Å²) in [6, 6.07) is 0.689. The normalized spacial score (nSPS) is 12.6. The minimum Gasteiger partial charge on any atom is -0.391 e. The first kappa shape index (κ1) is 15.6. The molecule has 0 radical (unpaired) electrons. The van der Waals surface area contributed by atoms with E-state index in [1.165, 1.54) is 0 Å². The van der Waals surface area contributed by atoms with Gasteiger partial charge in [-0.05, 0) is 5.92 Å². The van der Waals surface area contributed by atoms with Crippen LogP contribution in [0.25, 0.3) is 0 Å². The number of aliphatic hydroxyl groups excluding tert-OH is 1. The molecule has 1 aromatic rings. The maximum atomic E-state index is 13.5. The lowest BCUT2D eigenvalue weighted by Crippen LogP contribution is -2.28. The van der Waals surface area contributed by atoms with Crippen molar-refractivity contribution in [2.24, 2.45) is 11.8 Å². The lowest BCUT2D eigenvalue weighted by Gasteiger charge is -2.20. The standard InChI is InChI=1S/C12H20F2N4O/c1-3-7(4-2)10(19)6-16-11-8(13)5-9(14)12(17-11)18-15/h5,7,10,19H,3-4,6,15H2,1-2H3,(H2,16,17,18). The van der Waals surface area contributed by atoms with Gasteiger partial charge in [-0.3, -0.25) is 0 Å². The Labute approximate surface area is 111 Å². The summed E-state index contributed by atoms with van der Waals surface area (Å²) in [5, 5.41) is 12.6. The fraction of sp³-hybridized carbons (Fsp3) is 0.583. The maximum Gasteiger partial charge on any atom is 0.178 e. The SMILES string of the molecule is CCC(CC)C(O)CNc1nc(NN)c(F)cc1F. The molecule has 5 nitrogen and oxygen atoms in total. The first-order valence-corrected chi connectivity index (χ1v) is 6.28. The van der Waals surface area contributed by atoms with Gasteiger partial charge in [0.2, 0.25) is 0 Å². The van der Waals surface area contributed by atoms with Crippen LogP contribution in [0.15, 0.2) is 6.07 Å². The fourth-order valence-corrected chi connectivity index (χ4v) is 1.89. The quantitative estimate of drug-likeness (QED) is 0.450. The molecule has 5 N–H and O–H groups in total. The van der Waals surface area contributed by atoms with Gasteiger partial charge in [0.1, 0.15) is 0 Å². The van der Waals surface area contributed by atoms with Gasteiger partial charge in [0.05, 0.1) is 6.10 Å². The number of rotatable bonds is 7. The van der Waals surface area contributed by atoms with Gasteiger partial charge in [-0.25, -0.2) is 19.6 Å². The van der Waals surface area contributed by atoms with Crippen LogP contribution in [0.1, 0.15) is 26.7 Å². The van der Waals surface area contributed by atoms with Crippen molar-refractivity contribution in [2.75, 3.05) is 17.3 Å². The van der Waals surface area contributed by atoms with Crippen molar-refractivity contribution in [3.05, 3.63) is 17.7 Å². The summed E-state index contributed by atoms with van der Waals surface area (Å²) in [6.07, 6.45) is 1.04. The molecule has 0 spiro atoms. The Morgan fingerprint density at radius 2 is 1.84 bits per heavy atom. The van der Waals surface area contributed by atoms with Crippen LogP contribution >= 0.6 is 0 Å². The number of nitrogens with one attached hydrogen (secondary N) is 2. The minimum atomic E-state index is -0.869. The summed E-state index contributed by atoms with van der Waals surface area (Å²) in [4.78, 5) is 3.66. The van der Waals surface area contributed by atoms with Gasteiger partial charge in [-0.15, -0.1) is 0 Å². The number of halogens is 2. The topological polar surface area (TPSA) is 83.2 Å². The highest BCUT2D eigenvalue weighted by Gasteiger charge is 2.17. The van der Waals surface area contributed by atoms with Gasteiger partial charge in [-0.2, -0.15) is 0 Å². The fourth-order valence-electron chi connectivity index (χ4n) is 1.89. The molecular weight excluding hydrogens is 254 g/mol. The van der Waals surface area contributed by atoms with Crippen molar-refractivity contribution >= 4 is 11.6 Å². The van der Waals surface area contributed by atoms with Gasteiger partial charge in [0.25, 0.3) is 0 Å². The number of hydrogen-bond acceptors (Lipinski definition) is 5. The average molecular weight is 274 g/mol. The van der Waals surface area contributed by atoms with Crippen molar-refractivity contribution in [3.8, 4) is 0 Å². The number of nitrogen functional groups attached to an aromatic ring is 1.